The number of anilines is 1. The number of thioether (sulfide) groups is 1. The summed E-state index contributed by atoms with van der Waals surface area (Å²) in [6.07, 6.45) is 4.19. The third kappa shape index (κ3) is 4.06. The fourth-order valence-electron chi connectivity index (χ4n) is 2.76. The monoisotopic (exact) mass is 402 g/mol. The van der Waals surface area contributed by atoms with Crippen LogP contribution in [0.5, 0.6) is 0 Å². The number of pyridine rings is 1. The molecule has 0 saturated carbocycles. The minimum atomic E-state index is -0.215. The Labute approximate surface area is 167 Å². The molecule has 0 unspecified atom stereocenters. The van der Waals surface area contributed by atoms with Gasteiger partial charge in [0.1, 0.15) is 15.8 Å². The average Bonchev–Trinajstić information content (AvgIpc) is 2.89. The summed E-state index contributed by atoms with van der Waals surface area (Å²) >= 11 is 6.59. The Kier molecular flexibility index (Phi) is 5.96. The van der Waals surface area contributed by atoms with Gasteiger partial charge in [-0.25, -0.2) is 4.98 Å². The standard InChI is InChI=1S/C19H22N4O2S2/c1-4-8-20-16-13(17(24)22-9-6-5-7-15(22)21-16)10-14-18(25)23(11-12(2)3)19(26)27-14/h5-7,9-10,12,20H,4,8,11H2,1-3H3. The Morgan fingerprint density at radius 1 is 1.33 bits per heavy atom. The molecule has 1 aliphatic rings. The zero-order chi connectivity index (χ0) is 19.6. The lowest BCUT2D eigenvalue weighted by atomic mass is 10.2. The molecule has 3 heterocycles. The Morgan fingerprint density at radius 3 is 2.81 bits per heavy atom. The number of rotatable bonds is 6. The number of carbonyl (C=O) groups excluding carboxylic acids is 1. The van der Waals surface area contributed by atoms with Gasteiger partial charge in [0.05, 0.1) is 10.5 Å². The molecule has 2 aromatic heterocycles. The van der Waals surface area contributed by atoms with Gasteiger partial charge >= 0.3 is 0 Å². The van der Waals surface area contributed by atoms with E-state index in [1.54, 1.807) is 29.3 Å². The van der Waals surface area contributed by atoms with Crippen LogP contribution in [0.15, 0.2) is 34.1 Å². The number of nitrogens with zero attached hydrogens (tertiary/aromatic N) is 3. The molecule has 0 spiro atoms. The number of carbonyl (C=O) groups is 1. The fourth-order valence-corrected chi connectivity index (χ4v) is 4.02. The van der Waals surface area contributed by atoms with Crippen LogP contribution < -0.4 is 10.9 Å². The highest BCUT2D eigenvalue weighted by Gasteiger charge is 2.32. The Bertz CT molecular complexity index is 981. The smallest absolute Gasteiger partial charge is 0.267 e. The van der Waals surface area contributed by atoms with E-state index >= 15 is 0 Å². The number of fused-ring (bicyclic) bond motifs is 1. The number of hydrogen-bond donors (Lipinski definition) is 1. The van der Waals surface area contributed by atoms with Crippen LogP contribution in [0.4, 0.5) is 5.82 Å². The molecule has 0 bridgehead atoms. The van der Waals surface area contributed by atoms with Crippen LogP contribution in [0.3, 0.4) is 0 Å². The predicted octanol–water partition coefficient (Wildman–Crippen LogP) is 3.37. The first kappa shape index (κ1) is 19.6. The third-order valence-electron chi connectivity index (χ3n) is 4.01. The second kappa shape index (κ2) is 8.22. The molecule has 1 N–H and O–H groups in total. The van der Waals surface area contributed by atoms with Crippen molar-refractivity contribution in [1.82, 2.24) is 14.3 Å². The number of thiocarbonyl (C=S) groups is 1. The van der Waals surface area contributed by atoms with Crippen molar-refractivity contribution in [3.63, 3.8) is 0 Å². The molecule has 1 amide bonds. The second-order valence-corrected chi connectivity index (χ2v) is 8.40. The SMILES string of the molecule is CCCNc1nc2ccccn2c(=O)c1C=C1SC(=S)N(CC(C)C)C1=O. The quantitative estimate of drug-likeness (QED) is 0.590. The molecule has 6 nitrogen and oxygen atoms in total. The molecular formula is C19H22N4O2S2. The van der Waals surface area contributed by atoms with Gasteiger partial charge in [-0.1, -0.05) is 50.8 Å². The zero-order valence-corrected chi connectivity index (χ0v) is 17.2. The van der Waals surface area contributed by atoms with Gasteiger partial charge in [-0.15, -0.1) is 0 Å². The third-order valence-corrected chi connectivity index (χ3v) is 5.39. The molecule has 8 heteroatoms. The van der Waals surface area contributed by atoms with Crippen molar-refractivity contribution < 1.29 is 4.79 Å². The van der Waals surface area contributed by atoms with Crippen LogP contribution in [0.25, 0.3) is 11.7 Å². The van der Waals surface area contributed by atoms with Crippen molar-refractivity contribution in [1.29, 1.82) is 0 Å². The first-order valence-corrected chi connectivity index (χ1v) is 10.2. The Hall–Kier alpha value is -2.19. The molecule has 0 atom stereocenters. The summed E-state index contributed by atoms with van der Waals surface area (Å²) in [6, 6.07) is 5.40. The summed E-state index contributed by atoms with van der Waals surface area (Å²) in [5.74, 6) is 0.640. The highest BCUT2D eigenvalue weighted by Crippen LogP contribution is 2.33. The summed E-state index contributed by atoms with van der Waals surface area (Å²) in [7, 11) is 0. The Balaban J connectivity index is 2.09. The zero-order valence-electron chi connectivity index (χ0n) is 15.6. The van der Waals surface area contributed by atoms with Crippen molar-refractivity contribution in [2.45, 2.75) is 27.2 Å². The molecule has 2 aromatic rings. The molecule has 1 fully saturated rings. The summed E-state index contributed by atoms with van der Waals surface area (Å²) in [4.78, 5) is 32.4. The summed E-state index contributed by atoms with van der Waals surface area (Å²) in [6.45, 7) is 7.36. The molecule has 3 rings (SSSR count). The predicted molar refractivity (Wildman–Crippen MR) is 115 cm³/mol. The van der Waals surface area contributed by atoms with E-state index in [9.17, 15) is 9.59 Å². The van der Waals surface area contributed by atoms with E-state index in [2.05, 4.69) is 10.3 Å². The van der Waals surface area contributed by atoms with Crippen LogP contribution in [0.1, 0.15) is 32.8 Å². The molecule has 0 aliphatic carbocycles. The molecule has 142 valence electrons. The fraction of sp³-hybridized carbons (Fsp3) is 0.368. The van der Waals surface area contributed by atoms with E-state index in [1.807, 2.05) is 26.8 Å². The number of aromatic nitrogens is 2. The van der Waals surface area contributed by atoms with Gasteiger partial charge in [0.15, 0.2) is 0 Å². The summed E-state index contributed by atoms with van der Waals surface area (Å²) < 4.78 is 2.01. The van der Waals surface area contributed by atoms with Gasteiger partial charge in [0, 0.05) is 19.3 Å². The maximum absolute atomic E-state index is 13.0. The van der Waals surface area contributed by atoms with Crippen LogP contribution in [-0.4, -0.2) is 37.6 Å². The lowest BCUT2D eigenvalue weighted by molar-refractivity contribution is -0.122. The lowest BCUT2D eigenvalue weighted by Crippen LogP contribution is -2.31. The van der Waals surface area contributed by atoms with Crippen LogP contribution in [0.2, 0.25) is 0 Å². The van der Waals surface area contributed by atoms with Crippen molar-refractivity contribution in [2.24, 2.45) is 5.92 Å². The van der Waals surface area contributed by atoms with E-state index in [-0.39, 0.29) is 11.5 Å². The first-order valence-electron chi connectivity index (χ1n) is 8.93. The van der Waals surface area contributed by atoms with Crippen LogP contribution in [-0.2, 0) is 4.79 Å². The lowest BCUT2D eigenvalue weighted by Gasteiger charge is -2.16. The number of nitrogens with one attached hydrogen (secondary N) is 1. The van der Waals surface area contributed by atoms with Gasteiger partial charge in [-0.05, 0) is 30.5 Å². The maximum Gasteiger partial charge on any atom is 0.267 e. The second-order valence-electron chi connectivity index (χ2n) is 6.72. The Morgan fingerprint density at radius 2 is 2.11 bits per heavy atom. The average molecular weight is 403 g/mol. The van der Waals surface area contributed by atoms with Crippen LogP contribution >= 0.6 is 24.0 Å². The molecule has 1 aliphatic heterocycles. The van der Waals surface area contributed by atoms with Gasteiger partial charge in [-0.2, -0.15) is 0 Å². The highest BCUT2D eigenvalue weighted by atomic mass is 32.2. The number of hydrogen-bond acceptors (Lipinski definition) is 6. The largest absolute Gasteiger partial charge is 0.369 e. The topological polar surface area (TPSA) is 66.7 Å². The number of amides is 1. The first-order chi connectivity index (χ1) is 12.9. The highest BCUT2D eigenvalue weighted by molar-refractivity contribution is 8.26. The van der Waals surface area contributed by atoms with E-state index < -0.39 is 0 Å². The molecule has 27 heavy (non-hydrogen) atoms. The van der Waals surface area contributed by atoms with Gasteiger partial charge < -0.3 is 5.32 Å². The minimum Gasteiger partial charge on any atom is -0.369 e. The normalized spacial score (nSPS) is 16.1. The summed E-state index contributed by atoms with van der Waals surface area (Å²) in [5.41, 5.74) is 0.719. The van der Waals surface area contributed by atoms with E-state index in [1.165, 1.54) is 16.2 Å². The molecule has 0 radical (unpaired) electrons. The van der Waals surface area contributed by atoms with Gasteiger partial charge in [0.2, 0.25) is 0 Å². The van der Waals surface area contributed by atoms with Gasteiger partial charge in [0.25, 0.3) is 11.5 Å². The molecular weight excluding hydrogens is 380 g/mol. The van der Waals surface area contributed by atoms with Crippen LogP contribution in [0, 0.1) is 5.92 Å². The van der Waals surface area contributed by atoms with E-state index in [0.717, 1.165) is 6.42 Å². The van der Waals surface area contributed by atoms with E-state index in [4.69, 9.17) is 12.2 Å². The van der Waals surface area contributed by atoms with Gasteiger partial charge in [-0.3, -0.25) is 18.9 Å². The summed E-state index contributed by atoms with van der Waals surface area (Å²) in [5, 5.41) is 3.20. The molecule has 0 aromatic carbocycles. The minimum absolute atomic E-state index is 0.155. The molecule has 1 saturated heterocycles. The van der Waals surface area contributed by atoms with Crippen molar-refractivity contribution in [3.05, 3.63) is 45.2 Å². The van der Waals surface area contributed by atoms with E-state index in [0.29, 0.717) is 45.3 Å². The van der Waals surface area contributed by atoms with Crippen molar-refractivity contribution in [3.8, 4) is 0 Å². The van der Waals surface area contributed by atoms with Crippen molar-refractivity contribution in [2.75, 3.05) is 18.4 Å². The van der Waals surface area contributed by atoms with Crippen molar-refractivity contribution >= 4 is 51.7 Å². The maximum atomic E-state index is 13.0.